The number of hydrogen-bond donors (Lipinski definition) is 2. The zero-order valence-corrected chi connectivity index (χ0v) is 21.5. The molecule has 3 heterocycles. The van der Waals surface area contributed by atoms with Gasteiger partial charge in [-0.15, -0.1) is 0 Å². The number of likely N-dealkylation sites (N-methyl/N-ethyl adjacent to an activating group) is 1. The molecule has 39 heavy (non-hydrogen) atoms. The molecule has 10 heteroatoms. The lowest BCUT2D eigenvalue weighted by atomic mass is 9.96. The van der Waals surface area contributed by atoms with Crippen molar-refractivity contribution in [2.75, 3.05) is 26.7 Å². The summed E-state index contributed by atoms with van der Waals surface area (Å²) in [5.74, 6) is -0.752. The van der Waals surface area contributed by atoms with E-state index in [2.05, 4.69) is 4.90 Å². The number of nitrogens with zero attached hydrogens (tertiary/aromatic N) is 4. The highest BCUT2D eigenvalue weighted by Crippen LogP contribution is 2.36. The summed E-state index contributed by atoms with van der Waals surface area (Å²) in [4.78, 5) is 41.5. The van der Waals surface area contributed by atoms with Crippen molar-refractivity contribution in [3.05, 3.63) is 75.1 Å². The minimum atomic E-state index is -1.03. The van der Waals surface area contributed by atoms with Gasteiger partial charge in [-0.3, -0.25) is 9.59 Å². The van der Waals surface area contributed by atoms with Crippen LogP contribution in [-0.2, 0) is 13.1 Å². The third kappa shape index (κ3) is 4.34. The third-order valence-electron chi connectivity index (χ3n) is 8.19. The summed E-state index contributed by atoms with van der Waals surface area (Å²) < 4.78 is 18.7. The first-order valence-electron chi connectivity index (χ1n) is 13.1. The molecular weight excluding hydrogens is 503 g/mol. The van der Waals surface area contributed by atoms with Gasteiger partial charge in [0.15, 0.2) is 0 Å². The quantitative estimate of drug-likeness (QED) is 0.381. The van der Waals surface area contributed by atoms with Crippen LogP contribution in [-0.4, -0.2) is 68.0 Å². The zero-order valence-electron chi connectivity index (χ0n) is 21.5. The normalized spacial score (nSPS) is 18.2. The highest BCUT2D eigenvalue weighted by Gasteiger charge is 2.32. The molecule has 6 rings (SSSR count). The molecule has 2 saturated heterocycles. The summed E-state index contributed by atoms with van der Waals surface area (Å²) in [6.07, 6.45) is 0.835. The molecule has 0 radical (unpaired) electrons. The van der Waals surface area contributed by atoms with Crippen molar-refractivity contribution in [1.29, 1.82) is 0 Å². The average molecular weight is 533 g/mol. The second-order valence-electron chi connectivity index (χ2n) is 10.7. The number of carboxylic acid groups (broad SMARTS) is 1. The van der Waals surface area contributed by atoms with Gasteiger partial charge in [0.1, 0.15) is 11.6 Å². The van der Waals surface area contributed by atoms with Crippen LogP contribution in [0.5, 0.6) is 5.75 Å². The van der Waals surface area contributed by atoms with Gasteiger partial charge in [0.05, 0.1) is 11.0 Å². The molecule has 2 fully saturated rings. The van der Waals surface area contributed by atoms with Gasteiger partial charge >= 0.3 is 17.2 Å². The Labute approximate surface area is 222 Å². The molecule has 2 N–H and O–H groups in total. The van der Waals surface area contributed by atoms with Gasteiger partial charge in [-0.1, -0.05) is 24.3 Å². The van der Waals surface area contributed by atoms with E-state index in [-0.39, 0.29) is 42.9 Å². The van der Waals surface area contributed by atoms with Crippen LogP contribution in [0.25, 0.3) is 32.9 Å². The number of hydrogen-bond acceptors (Lipinski definition) is 5. The SMILES string of the molecule is CN1CCC[C@H]1Cn1c(=O)c(=O)n(CC2CN(C(=O)O)C2)c2cc(F)c(-c3cc(O)cc4ccccc34)cc21. The number of likely N-dealkylation sites (tertiary alicyclic amines) is 2. The molecule has 9 nitrogen and oxygen atoms in total. The Morgan fingerprint density at radius 2 is 1.67 bits per heavy atom. The van der Waals surface area contributed by atoms with E-state index in [0.717, 1.165) is 30.2 Å². The summed E-state index contributed by atoms with van der Waals surface area (Å²) in [7, 11) is 1.99. The molecule has 2 aliphatic heterocycles. The smallest absolute Gasteiger partial charge is 0.407 e. The number of fused-ring (bicyclic) bond motifs is 2. The zero-order chi connectivity index (χ0) is 27.4. The van der Waals surface area contributed by atoms with Crippen molar-refractivity contribution in [1.82, 2.24) is 18.9 Å². The van der Waals surface area contributed by atoms with E-state index in [1.165, 1.54) is 26.2 Å². The van der Waals surface area contributed by atoms with Gasteiger partial charge < -0.3 is 29.1 Å². The van der Waals surface area contributed by atoms with E-state index in [1.54, 1.807) is 12.1 Å². The number of halogens is 1. The first kappa shape index (κ1) is 25.1. The lowest BCUT2D eigenvalue weighted by Crippen LogP contribution is -2.53. The number of phenols is 1. The Morgan fingerprint density at radius 1 is 0.974 bits per heavy atom. The largest absolute Gasteiger partial charge is 0.508 e. The molecule has 0 aliphatic carbocycles. The Kier molecular flexibility index (Phi) is 6.14. The van der Waals surface area contributed by atoms with Gasteiger partial charge in [0, 0.05) is 49.8 Å². The minimum absolute atomic E-state index is 0.00824. The molecule has 202 valence electrons. The Bertz CT molecular complexity index is 1740. The van der Waals surface area contributed by atoms with Crippen molar-refractivity contribution in [3.8, 4) is 16.9 Å². The number of aromatic nitrogens is 2. The van der Waals surface area contributed by atoms with Gasteiger partial charge in [-0.25, -0.2) is 9.18 Å². The van der Waals surface area contributed by atoms with Crippen LogP contribution in [0.2, 0.25) is 0 Å². The molecule has 0 bridgehead atoms. The van der Waals surface area contributed by atoms with Gasteiger partial charge in [0.25, 0.3) is 0 Å². The molecule has 3 aromatic carbocycles. The fourth-order valence-corrected chi connectivity index (χ4v) is 6.04. The van der Waals surface area contributed by atoms with Crippen LogP contribution >= 0.6 is 0 Å². The van der Waals surface area contributed by atoms with E-state index in [9.17, 15) is 24.6 Å². The summed E-state index contributed by atoms with van der Waals surface area (Å²) in [6.45, 7) is 1.80. The first-order valence-corrected chi connectivity index (χ1v) is 13.1. The fourth-order valence-electron chi connectivity index (χ4n) is 6.04. The standard InChI is InChI=1S/C29H29FN4O5/c1-31-8-4-6-19(31)16-34-25-11-23(22-10-20(35)9-18-5-2-3-7-21(18)22)24(30)12-26(25)33(27(36)28(34)37)15-17-13-32(14-17)29(38)39/h2-3,5,7,9-12,17,19,35H,4,6,8,13-16H2,1H3,(H,38,39)/t19-/m0/s1. The third-order valence-corrected chi connectivity index (χ3v) is 8.19. The van der Waals surface area contributed by atoms with Crippen molar-refractivity contribution in [3.63, 3.8) is 0 Å². The number of rotatable bonds is 5. The maximum atomic E-state index is 15.9. The second-order valence-corrected chi connectivity index (χ2v) is 10.7. The van der Waals surface area contributed by atoms with Gasteiger partial charge in [-0.05, 0) is 61.0 Å². The van der Waals surface area contributed by atoms with Crippen molar-refractivity contribution in [2.24, 2.45) is 5.92 Å². The van der Waals surface area contributed by atoms with Crippen LogP contribution in [0.1, 0.15) is 12.8 Å². The molecule has 1 amide bonds. The average Bonchev–Trinajstić information content (AvgIpc) is 3.28. The van der Waals surface area contributed by atoms with Crippen LogP contribution in [0.15, 0.2) is 58.1 Å². The van der Waals surface area contributed by atoms with E-state index in [4.69, 9.17) is 0 Å². The number of amides is 1. The van der Waals surface area contributed by atoms with Gasteiger partial charge in [-0.2, -0.15) is 0 Å². The predicted octanol–water partition coefficient (Wildman–Crippen LogP) is 3.53. The summed E-state index contributed by atoms with van der Waals surface area (Å²) in [5.41, 5.74) is -0.00969. The maximum absolute atomic E-state index is 15.9. The van der Waals surface area contributed by atoms with Crippen LogP contribution in [0, 0.1) is 11.7 Å². The Hall–Kier alpha value is -4.18. The molecule has 4 aromatic rings. The highest BCUT2D eigenvalue weighted by molar-refractivity contribution is 5.99. The van der Waals surface area contributed by atoms with Crippen molar-refractivity contribution < 1.29 is 19.4 Å². The highest BCUT2D eigenvalue weighted by atomic mass is 19.1. The predicted molar refractivity (Wildman–Crippen MR) is 146 cm³/mol. The lowest BCUT2D eigenvalue weighted by Gasteiger charge is -2.37. The van der Waals surface area contributed by atoms with Crippen molar-refractivity contribution in [2.45, 2.75) is 32.0 Å². The van der Waals surface area contributed by atoms with E-state index in [0.29, 0.717) is 23.1 Å². The molecule has 0 unspecified atom stereocenters. The summed E-state index contributed by atoms with van der Waals surface area (Å²) in [6, 6.07) is 13.4. The maximum Gasteiger partial charge on any atom is 0.407 e. The number of benzene rings is 3. The number of phenolic OH excluding ortho intramolecular Hbond substituents is 1. The van der Waals surface area contributed by atoms with E-state index < -0.39 is 23.0 Å². The molecule has 0 saturated carbocycles. The first-order chi connectivity index (χ1) is 18.7. The summed E-state index contributed by atoms with van der Waals surface area (Å²) >= 11 is 0. The minimum Gasteiger partial charge on any atom is -0.508 e. The van der Waals surface area contributed by atoms with E-state index >= 15 is 4.39 Å². The molecular formula is C29H29FN4O5. The Balaban J connectivity index is 1.56. The van der Waals surface area contributed by atoms with Crippen LogP contribution in [0.3, 0.4) is 0 Å². The van der Waals surface area contributed by atoms with E-state index in [1.807, 2.05) is 31.3 Å². The van der Waals surface area contributed by atoms with Crippen LogP contribution < -0.4 is 11.1 Å². The Morgan fingerprint density at radius 3 is 2.36 bits per heavy atom. The number of carbonyl (C=O) groups is 1. The lowest BCUT2D eigenvalue weighted by molar-refractivity contribution is 0.0748. The van der Waals surface area contributed by atoms with Gasteiger partial charge in [0.2, 0.25) is 0 Å². The monoisotopic (exact) mass is 532 g/mol. The van der Waals surface area contributed by atoms with Crippen molar-refractivity contribution >= 4 is 27.9 Å². The molecule has 1 aromatic heterocycles. The topological polar surface area (TPSA) is 108 Å². The molecule has 0 spiro atoms. The summed E-state index contributed by atoms with van der Waals surface area (Å²) in [5, 5.41) is 21.1. The molecule has 2 aliphatic rings. The molecule has 1 atom stereocenters. The number of aromatic hydroxyl groups is 1. The fraction of sp³-hybridized carbons (Fsp3) is 0.345. The second kappa shape index (κ2) is 9.53. The van der Waals surface area contributed by atoms with Crippen LogP contribution in [0.4, 0.5) is 9.18 Å².